The molecule has 0 spiro atoms. The fourth-order valence-electron chi connectivity index (χ4n) is 1.63. The zero-order valence-corrected chi connectivity index (χ0v) is 10.6. The van der Waals surface area contributed by atoms with Gasteiger partial charge in [0, 0.05) is 3.57 Å². The minimum absolute atomic E-state index is 0.109. The predicted octanol–water partition coefficient (Wildman–Crippen LogP) is 2.99. The van der Waals surface area contributed by atoms with Crippen molar-refractivity contribution in [2.24, 2.45) is 5.73 Å². The highest BCUT2D eigenvalue weighted by Gasteiger charge is 2.15. The topological polar surface area (TPSA) is 35.2 Å². The van der Waals surface area contributed by atoms with Gasteiger partial charge in [-0.1, -0.05) is 12.1 Å². The molecule has 0 radical (unpaired) electrons. The molecule has 0 bridgehead atoms. The molecule has 2 rings (SSSR count). The summed E-state index contributed by atoms with van der Waals surface area (Å²) in [4.78, 5) is 0. The summed E-state index contributed by atoms with van der Waals surface area (Å²) in [6, 6.07) is 8.15. The van der Waals surface area contributed by atoms with Gasteiger partial charge in [0.2, 0.25) is 0 Å². The molecule has 0 aliphatic carbocycles. The first-order valence-corrected chi connectivity index (χ1v) is 6.19. The molecular formula is C12H14INO. The minimum Gasteiger partial charge on any atom is -0.496 e. The molecule has 1 aromatic rings. The fraction of sp³-hybridized carbons (Fsp3) is 0.333. The Morgan fingerprint density at radius 2 is 2.00 bits per heavy atom. The maximum Gasteiger partial charge on any atom is 0.113 e. The second kappa shape index (κ2) is 4.99. The van der Waals surface area contributed by atoms with E-state index in [4.69, 9.17) is 10.5 Å². The second-order valence-corrected chi connectivity index (χ2v) is 4.87. The van der Waals surface area contributed by atoms with Gasteiger partial charge >= 0.3 is 0 Å². The molecule has 2 nitrogen and oxygen atoms in total. The smallest absolute Gasteiger partial charge is 0.113 e. The molecule has 2 N–H and O–H groups in total. The predicted molar refractivity (Wildman–Crippen MR) is 69.4 cm³/mol. The molecule has 80 valence electrons. The van der Waals surface area contributed by atoms with Crippen LogP contribution in [-0.4, -0.2) is 6.61 Å². The maximum atomic E-state index is 6.12. The van der Waals surface area contributed by atoms with Crippen molar-refractivity contribution >= 4 is 22.6 Å². The van der Waals surface area contributed by atoms with Crippen molar-refractivity contribution in [2.45, 2.75) is 18.9 Å². The summed E-state index contributed by atoms with van der Waals surface area (Å²) in [7, 11) is 0. The average molecular weight is 315 g/mol. The molecule has 1 unspecified atom stereocenters. The van der Waals surface area contributed by atoms with Crippen LogP contribution in [0.2, 0.25) is 0 Å². The van der Waals surface area contributed by atoms with Crippen molar-refractivity contribution in [3.8, 4) is 0 Å². The van der Waals surface area contributed by atoms with Gasteiger partial charge in [-0.25, -0.2) is 0 Å². The number of nitrogens with two attached hydrogens (primary N) is 1. The van der Waals surface area contributed by atoms with Crippen molar-refractivity contribution in [3.05, 3.63) is 45.2 Å². The number of halogens is 1. The number of hydrogen-bond acceptors (Lipinski definition) is 2. The zero-order chi connectivity index (χ0) is 10.7. The van der Waals surface area contributed by atoms with Crippen molar-refractivity contribution in [1.29, 1.82) is 0 Å². The van der Waals surface area contributed by atoms with Crippen LogP contribution in [0.25, 0.3) is 0 Å². The van der Waals surface area contributed by atoms with Crippen molar-refractivity contribution in [3.63, 3.8) is 0 Å². The van der Waals surface area contributed by atoms with E-state index in [0.717, 1.165) is 30.8 Å². The van der Waals surface area contributed by atoms with Gasteiger partial charge in [-0.2, -0.15) is 0 Å². The van der Waals surface area contributed by atoms with Crippen molar-refractivity contribution in [2.75, 3.05) is 6.61 Å². The van der Waals surface area contributed by atoms with Crippen LogP contribution in [0.5, 0.6) is 0 Å². The highest BCUT2D eigenvalue weighted by atomic mass is 127. The SMILES string of the molecule is NC(C1=CCCCO1)c1ccc(I)cc1. The highest BCUT2D eigenvalue weighted by molar-refractivity contribution is 14.1. The van der Waals surface area contributed by atoms with E-state index in [-0.39, 0.29) is 6.04 Å². The zero-order valence-electron chi connectivity index (χ0n) is 8.45. The van der Waals surface area contributed by atoms with Gasteiger partial charge in [0.05, 0.1) is 12.6 Å². The molecule has 15 heavy (non-hydrogen) atoms. The van der Waals surface area contributed by atoms with E-state index in [0.29, 0.717) is 0 Å². The normalized spacial score (nSPS) is 17.9. The van der Waals surface area contributed by atoms with Gasteiger partial charge in [-0.05, 0) is 59.2 Å². The summed E-state index contributed by atoms with van der Waals surface area (Å²) in [5.74, 6) is 0.919. The Kier molecular flexibility index (Phi) is 3.64. The Hall–Kier alpha value is -0.550. The van der Waals surface area contributed by atoms with Crippen LogP contribution in [0.4, 0.5) is 0 Å². The lowest BCUT2D eigenvalue weighted by atomic mass is 10.0. The van der Waals surface area contributed by atoms with Crippen LogP contribution >= 0.6 is 22.6 Å². The van der Waals surface area contributed by atoms with Crippen LogP contribution in [-0.2, 0) is 4.74 Å². The van der Waals surface area contributed by atoms with E-state index in [1.165, 1.54) is 3.57 Å². The second-order valence-electron chi connectivity index (χ2n) is 3.63. The third kappa shape index (κ3) is 2.72. The Labute approximate surface area is 104 Å². The van der Waals surface area contributed by atoms with Gasteiger partial charge in [-0.3, -0.25) is 0 Å². The van der Waals surface area contributed by atoms with Crippen molar-refractivity contribution < 1.29 is 4.74 Å². The van der Waals surface area contributed by atoms with Crippen LogP contribution in [0, 0.1) is 3.57 Å². The van der Waals surface area contributed by atoms with Gasteiger partial charge in [0.1, 0.15) is 5.76 Å². The first-order valence-electron chi connectivity index (χ1n) is 5.11. The molecule has 1 aliphatic heterocycles. The molecule has 3 heteroatoms. The first-order chi connectivity index (χ1) is 7.27. The molecule has 0 saturated heterocycles. The Balaban J connectivity index is 2.16. The van der Waals surface area contributed by atoms with E-state index >= 15 is 0 Å². The van der Waals surface area contributed by atoms with Gasteiger partial charge in [0.25, 0.3) is 0 Å². The van der Waals surface area contributed by atoms with E-state index in [2.05, 4.69) is 52.9 Å². The quantitative estimate of drug-likeness (QED) is 0.852. The van der Waals surface area contributed by atoms with Gasteiger partial charge in [-0.15, -0.1) is 0 Å². The molecule has 0 amide bonds. The summed E-state index contributed by atoms with van der Waals surface area (Å²) < 4.78 is 6.78. The summed E-state index contributed by atoms with van der Waals surface area (Å²) >= 11 is 2.29. The Morgan fingerprint density at radius 1 is 1.27 bits per heavy atom. The van der Waals surface area contributed by atoms with Gasteiger partial charge in [0.15, 0.2) is 0 Å². The number of hydrogen-bond donors (Lipinski definition) is 1. The first kappa shape index (κ1) is 11.0. The fourth-order valence-corrected chi connectivity index (χ4v) is 1.99. The van der Waals surface area contributed by atoms with E-state index in [1.807, 2.05) is 0 Å². The summed E-state index contributed by atoms with van der Waals surface area (Å²) in [5.41, 5.74) is 7.24. The third-order valence-corrected chi connectivity index (χ3v) is 3.22. The summed E-state index contributed by atoms with van der Waals surface area (Å²) in [6.07, 6.45) is 4.28. The molecule has 0 aromatic heterocycles. The molecule has 1 aromatic carbocycles. The average Bonchev–Trinajstić information content (AvgIpc) is 2.30. The highest BCUT2D eigenvalue weighted by Crippen LogP contribution is 2.24. The lowest BCUT2D eigenvalue weighted by Gasteiger charge is -2.20. The van der Waals surface area contributed by atoms with Crippen LogP contribution in [0.1, 0.15) is 24.4 Å². The summed E-state index contributed by atoms with van der Waals surface area (Å²) in [6.45, 7) is 0.796. The van der Waals surface area contributed by atoms with Crippen molar-refractivity contribution in [1.82, 2.24) is 0 Å². The lowest BCUT2D eigenvalue weighted by Crippen LogP contribution is -2.17. The Bertz CT molecular complexity index is 358. The van der Waals surface area contributed by atoms with Crippen LogP contribution in [0.3, 0.4) is 0 Å². The summed E-state index contributed by atoms with van der Waals surface area (Å²) in [5, 5.41) is 0. The molecule has 1 aliphatic rings. The van der Waals surface area contributed by atoms with Gasteiger partial charge < -0.3 is 10.5 Å². The monoisotopic (exact) mass is 315 g/mol. The largest absolute Gasteiger partial charge is 0.496 e. The third-order valence-electron chi connectivity index (χ3n) is 2.50. The molecule has 1 heterocycles. The van der Waals surface area contributed by atoms with E-state index in [9.17, 15) is 0 Å². The van der Waals surface area contributed by atoms with Crippen LogP contribution in [0.15, 0.2) is 36.1 Å². The maximum absolute atomic E-state index is 6.12. The number of allylic oxidation sites excluding steroid dienone is 1. The lowest BCUT2D eigenvalue weighted by molar-refractivity contribution is 0.176. The molecule has 0 saturated carbocycles. The van der Waals surface area contributed by atoms with E-state index in [1.54, 1.807) is 0 Å². The number of benzene rings is 1. The molecule has 0 fully saturated rings. The molecule has 1 atom stereocenters. The van der Waals surface area contributed by atoms with E-state index < -0.39 is 0 Å². The molecular weight excluding hydrogens is 301 g/mol. The van der Waals surface area contributed by atoms with Crippen LogP contribution < -0.4 is 5.73 Å². The minimum atomic E-state index is -0.109. The standard InChI is InChI=1S/C12H14INO/c13-10-6-4-9(5-7-10)12(14)11-3-1-2-8-15-11/h3-7,12H,1-2,8,14H2. The number of rotatable bonds is 2. The number of ether oxygens (including phenoxy) is 1. The Morgan fingerprint density at radius 3 is 2.60 bits per heavy atom.